The summed E-state index contributed by atoms with van der Waals surface area (Å²) in [4.78, 5) is 0. The van der Waals surface area contributed by atoms with Gasteiger partial charge in [0.05, 0.1) is 0 Å². The van der Waals surface area contributed by atoms with E-state index in [-0.39, 0.29) is 29.4 Å². The van der Waals surface area contributed by atoms with Gasteiger partial charge in [0.15, 0.2) is 0 Å². The molecule has 5 rings (SSSR count). The van der Waals surface area contributed by atoms with E-state index in [4.69, 9.17) is 0 Å². The molecule has 0 heterocycles. The summed E-state index contributed by atoms with van der Waals surface area (Å²) in [7, 11) is 0. The van der Waals surface area contributed by atoms with Gasteiger partial charge in [-0.05, 0) is 50.2 Å². The summed E-state index contributed by atoms with van der Waals surface area (Å²) in [6.45, 7) is 4.68. The molecule has 0 N–H and O–H groups in total. The molecule has 0 bridgehead atoms. The number of hydrogen-bond donors (Lipinski definition) is 0. The third-order valence-electron chi connectivity index (χ3n) is 5.68. The topological polar surface area (TPSA) is 0 Å². The molecule has 0 unspecified atom stereocenters. The summed E-state index contributed by atoms with van der Waals surface area (Å²) in [5.41, 5.74) is 8.28. The maximum atomic E-state index is 2.40. The highest BCUT2D eigenvalue weighted by Crippen LogP contribution is 2.49. The molecular formula is C25H21I. The highest BCUT2D eigenvalue weighted by molar-refractivity contribution is 14.0. The lowest BCUT2D eigenvalue weighted by molar-refractivity contribution is 0.660. The maximum Gasteiger partial charge on any atom is 0.0159 e. The SMILES string of the molecule is CC1(C)c2ccccc2-c2ccc(-c3cccc4ccccc34)cc21.I. The molecule has 0 atom stereocenters. The van der Waals surface area contributed by atoms with Crippen LogP contribution in [0.2, 0.25) is 0 Å². The van der Waals surface area contributed by atoms with E-state index in [1.807, 2.05) is 0 Å². The normalized spacial score (nSPS) is 13.8. The Bertz CT molecular complexity index is 1120. The Kier molecular flexibility index (Phi) is 4.15. The van der Waals surface area contributed by atoms with Crippen molar-refractivity contribution in [2.75, 3.05) is 0 Å². The lowest BCUT2D eigenvalue weighted by Gasteiger charge is -2.22. The standard InChI is InChI=1S/C25H20.HI/c1-25(2)23-13-6-5-11-21(23)22-15-14-18(16-24(22)25)20-12-7-9-17-8-3-4-10-19(17)20;/h3-16H,1-2H3;1H. The van der Waals surface area contributed by atoms with E-state index >= 15 is 0 Å². The second-order valence-corrected chi connectivity index (χ2v) is 7.46. The maximum absolute atomic E-state index is 2.40. The molecule has 0 radical (unpaired) electrons. The molecule has 4 aromatic rings. The molecule has 0 saturated carbocycles. The lowest BCUT2D eigenvalue weighted by Crippen LogP contribution is -2.14. The predicted molar refractivity (Wildman–Crippen MR) is 122 cm³/mol. The van der Waals surface area contributed by atoms with Gasteiger partial charge in [-0.15, -0.1) is 24.0 Å². The van der Waals surface area contributed by atoms with Gasteiger partial charge in [0.1, 0.15) is 0 Å². The van der Waals surface area contributed by atoms with Crippen molar-refractivity contribution >= 4 is 34.7 Å². The number of hydrogen-bond acceptors (Lipinski definition) is 0. The molecule has 0 amide bonds. The van der Waals surface area contributed by atoms with E-state index in [1.165, 1.54) is 44.2 Å². The van der Waals surface area contributed by atoms with E-state index in [0.29, 0.717) is 0 Å². The lowest BCUT2D eigenvalue weighted by atomic mass is 9.81. The molecular weight excluding hydrogens is 427 g/mol. The molecule has 0 aromatic heterocycles. The quantitative estimate of drug-likeness (QED) is 0.266. The Labute approximate surface area is 171 Å². The summed E-state index contributed by atoms with van der Waals surface area (Å²) in [5, 5.41) is 2.61. The van der Waals surface area contributed by atoms with Crippen LogP contribution in [0.25, 0.3) is 33.0 Å². The first-order valence-electron chi connectivity index (χ1n) is 8.89. The molecule has 1 aliphatic rings. The highest BCUT2D eigenvalue weighted by Gasteiger charge is 2.35. The average Bonchev–Trinajstić information content (AvgIpc) is 2.89. The largest absolute Gasteiger partial charge is 0.107 e. The Balaban J connectivity index is 0.00000168. The van der Waals surface area contributed by atoms with Crippen LogP contribution in [0.3, 0.4) is 0 Å². The molecule has 0 fully saturated rings. The van der Waals surface area contributed by atoms with Crippen LogP contribution in [-0.4, -0.2) is 0 Å². The van der Waals surface area contributed by atoms with E-state index in [9.17, 15) is 0 Å². The number of halogens is 1. The summed E-state index contributed by atoms with van der Waals surface area (Å²) in [6.07, 6.45) is 0. The first-order chi connectivity index (χ1) is 12.2. The van der Waals surface area contributed by atoms with Gasteiger partial charge in [0, 0.05) is 5.41 Å². The van der Waals surface area contributed by atoms with Crippen molar-refractivity contribution in [1.82, 2.24) is 0 Å². The third-order valence-corrected chi connectivity index (χ3v) is 5.68. The van der Waals surface area contributed by atoms with E-state index in [2.05, 4.69) is 98.8 Å². The van der Waals surface area contributed by atoms with Crippen LogP contribution >= 0.6 is 24.0 Å². The molecule has 0 aliphatic heterocycles. The minimum atomic E-state index is 0. The van der Waals surface area contributed by atoms with Gasteiger partial charge in [-0.25, -0.2) is 0 Å². The van der Waals surface area contributed by atoms with E-state index in [0.717, 1.165) is 0 Å². The van der Waals surface area contributed by atoms with Crippen molar-refractivity contribution in [3.8, 4) is 22.3 Å². The van der Waals surface area contributed by atoms with Crippen molar-refractivity contribution in [3.63, 3.8) is 0 Å². The fourth-order valence-corrected chi connectivity index (χ4v) is 4.35. The number of fused-ring (bicyclic) bond motifs is 4. The molecule has 1 heteroatoms. The summed E-state index contributed by atoms with van der Waals surface area (Å²) >= 11 is 0. The zero-order chi connectivity index (χ0) is 17.0. The second-order valence-electron chi connectivity index (χ2n) is 7.46. The van der Waals surface area contributed by atoms with Gasteiger partial charge >= 0.3 is 0 Å². The second kappa shape index (κ2) is 6.24. The minimum Gasteiger partial charge on any atom is -0.107 e. The van der Waals surface area contributed by atoms with Gasteiger partial charge in [-0.3, -0.25) is 0 Å². The zero-order valence-corrected chi connectivity index (χ0v) is 17.3. The first kappa shape index (κ1) is 17.3. The minimum absolute atomic E-state index is 0. The smallest absolute Gasteiger partial charge is 0.0159 e. The number of rotatable bonds is 1. The van der Waals surface area contributed by atoms with Gasteiger partial charge < -0.3 is 0 Å². The first-order valence-corrected chi connectivity index (χ1v) is 8.89. The van der Waals surface area contributed by atoms with E-state index in [1.54, 1.807) is 0 Å². The van der Waals surface area contributed by atoms with E-state index < -0.39 is 0 Å². The van der Waals surface area contributed by atoms with Crippen molar-refractivity contribution in [2.24, 2.45) is 0 Å². The van der Waals surface area contributed by atoms with Crippen molar-refractivity contribution in [1.29, 1.82) is 0 Å². The van der Waals surface area contributed by atoms with Gasteiger partial charge in [-0.1, -0.05) is 92.7 Å². The van der Waals surface area contributed by atoms with Gasteiger partial charge in [-0.2, -0.15) is 0 Å². The van der Waals surface area contributed by atoms with Crippen LogP contribution in [0, 0.1) is 0 Å². The molecule has 26 heavy (non-hydrogen) atoms. The Morgan fingerprint density at radius 3 is 2.12 bits per heavy atom. The van der Waals surface area contributed by atoms with Crippen LogP contribution in [0.5, 0.6) is 0 Å². The fourth-order valence-electron chi connectivity index (χ4n) is 4.35. The Hall–Kier alpha value is -2.13. The summed E-state index contributed by atoms with van der Waals surface area (Å²) in [5.74, 6) is 0. The molecule has 1 aliphatic carbocycles. The summed E-state index contributed by atoms with van der Waals surface area (Å²) < 4.78 is 0. The predicted octanol–water partition coefficient (Wildman–Crippen LogP) is 7.43. The molecule has 0 spiro atoms. The molecule has 0 nitrogen and oxygen atoms in total. The molecule has 0 saturated heterocycles. The zero-order valence-electron chi connectivity index (χ0n) is 15.0. The fraction of sp³-hybridized carbons (Fsp3) is 0.120. The van der Waals surface area contributed by atoms with Crippen molar-refractivity contribution < 1.29 is 0 Å². The van der Waals surface area contributed by atoms with Crippen LogP contribution in [-0.2, 0) is 5.41 Å². The van der Waals surface area contributed by atoms with Crippen LogP contribution in [0.4, 0.5) is 0 Å². The van der Waals surface area contributed by atoms with Crippen LogP contribution in [0.1, 0.15) is 25.0 Å². The average molecular weight is 448 g/mol. The van der Waals surface area contributed by atoms with Crippen LogP contribution in [0.15, 0.2) is 84.9 Å². The Morgan fingerprint density at radius 2 is 1.23 bits per heavy atom. The monoisotopic (exact) mass is 448 g/mol. The van der Waals surface area contributed by atoms with Crippen molar-refractivity contribution in [3.05, 3.63) is 96.1 Å². The molecule has 4 aromatic carbocycles. The molecule has 128 valence electrons. The summed E-state index contributed by atoms with van der Waals surface area (Å²) in [6, 6.07) is 31.0. The third kappa shape index (κ3) is 2.41. The number of benzene rings is 4. The van der Waals surface area contributed by atoms with Gasteiger partial charge in [0.25, 0.3) is 0 Å². The Morgan fingerprint density at radius 1 is 0.577 bits per heavy atom. The highest BCUT2D eigenvalue weighted by atomic mass is 127. The van der Waals surface area contributed by atoms with Crippen molar-refractivity contribution in [2.45, 2.75) is 19.3 Å². The van der Waals surface area contributed by atoms with Gasteiger partial charge in [0.2, 0.25) is 0 Å². The van der Waals surface area contributed by atoms with Crippen LogP contribution < -0.4 is 0 Å².